The second kappa shape index (κ2) is 6.91. The van der Waals surface area contributed by atoms with Crippen molar-refractivity contribution in [3.8, 4) is 11.3 Å². The fraction of sp³-hybridized carbons (Fsp3) is 0.375. The lowest BCUT2D eigenvalue weighted by Gasteiger charge is -2.13. The van der Waals surface area contributed by atoms with Crippen LogP contribution >= 0.6 is 11.6 Å². The molecule has 0 radical (unpaired) electrons. The monoisotopic (exact) mass is 295 g/mol. The summed E-state index contributed by atoms with van der Waals surface area (Å²) in [5, 5.41) is 3.55. The number of furan rings is 1. The van der Waals surface area contributed by atoms with Crippen molar-refractivity contribution in [1.29, 1.82) is 0 Å². The Morgan fingerprint density at radius 3 is 2.70 bits per heavy atom. The van der Waals surface area contributed by atoms with Gasteiger partial charge in [0.15, 0.2) is 0 Å². The molecule has 0 amide bonds. The van der Waals surface area contributed by atoms with E-state index in [9.17, 15) is 4.39 Å². The van der Waals surface area contributed by atoms with Crippen LogP contribution in [0.25, 0.3) is 11.3 Å². The minimum atomic E-state index is -0.432. The first-order valence-electron chi connectivity index (χ1n) is 6.94. The van der Waals surface area contributed by atoms with E-state index in [-0.39, 0.29) is 11.1 Å². The summed E-state index contributed by atoms with van der Waals surface area (Å²) in [6.07, 6.45) is 2.02. The van der Waals surface area contributed by atoms with Gasteiger partial charge in [-0.1, -0.05) is 25.4 Å². The Bertz CT molecular complexity index is 567. The lowest BCUT2D eigenvalue weighted by molar-refractivity contribution is 0.411. The predicted octanol–water partition coefficient (Wildman–Crippen LogP) is 5.19. The van der Waals surface area contributed by atoms with Gasteiger partial charge in [-0.25, -0.2) is 4.39 Å². The van der Waals surface area contributed by atoms with Crippen LogP contribution in [-0.2, 0) is 0 Å². The maximum absolute atomic E-state index is 13.5. The van der Waals surface area contributed by atoms with Crippen molar-refractivity contribution >= 4 is 11.6 Å². The minimum absolute atomic E-state index is 0.122. The molecule has 0 saturated heterocycles. The van der Waals surface area contributed by atoms with E-state index in [1.807, 2.05) is 12.1 Å². The Labute approximate surface area is 123 Å². The zero-order valence-corrected chi connectivity index (χ0v) is 12.5. The Morgan fingerprint density at radius 1 is 1.25 bits per heavy atom. The van der Waals surface area contributed by atoms with E-state index in [1.54, 1.807) is 12.1 Å². The molecule has 20 heavy (non-hydrogen) atoms. The molecule has 108 valence electrons. The summed E-state index contributed by atoms with van der Waals surface area (Å²) in [5.41, 5.74) is 0.698. The number of nitrogens with one attached hydrogen (secondary N) is 1. The van der Waals surface area contributed by atoms with E-state index in [4.69, 9.17) is 16.0 Å². The molecular formula is C16H19ClFNO. The van der Waals surface area contributed by atoms with Gasteiger partial charge in [-0.15, -0.1) is 0 Å². The van der Waals surface area contributed by atoms with Crippen molar-refractivity contribution in [2.24, 2.45) is 0 Å². The van der Waals surface area contributed by atoms with Gasteiger partial charge in [0.05, 0.1) is 11.1 Å². The van der Waals surface area contributed by atoms with Crippen molar-refractivity contribution in [1.82, 2.24) is 5.32 Å². The topological polar surface area (TPSA) is 25.2 Å². The molecule has 2 nitrogen and oxygen atoms in total. The largest absolute Gasteiger partial charge is 0.459 e. The smallest absolute Gasteiger partial charge is 0.142 e. The van der Waals surface area contributed by atoms with Crippen LogP contribution in [-0.4, -0.2) is 6.54 Å². The van der Waals surface area contributed by atoms with Crippen LogP contribution in [0.4, 0.5) is 4.39 Å². The number of rotatable bonds is 6. The van der Waals surface area contributed by atoms with Gasteiger partial charge in [-0.3, -0.25) is 0 Å². The summed E-state index contributed by atoms with van der Waals surface area (Å²) in [5.74, 6) is 1.11. The molecular weight excluding hydrogens is 277 g/mol. The third-order valence-electron chi connectivity index (χ3n) is 3.22. The van der Waals surface area contributed by atoms with Gasteiger partial charge in [0.25, 0.3) is 0 Å². The fourth-order valence-corrected chi connectivity index (χ4v) is 2.23. The summed E-state index contributed by atoms with van der Waals surface area (Å²) in [6.45, 7) is 5.19. The normalized spacial score (nSPS) is 12.6. The minimum Gasteiger partial charge on any atom is -0.459 e. The third-order valence-corrected chi connectivity index (χ3v) is 3.53. The number of halogens is 2. The van der Waals surface area contributed by atoms with Crippen molar-refractivity contribution in [2.45, 2.75) is 32.7 Å². The first kappa shape index (κ1) is 15.1. The summed E-state index contributed by atoms with van der Waals surface area (Å²) < 4.78 is 19.3. The molecule has 2 aromatic rings. The fourth-order valence-electron chi connectivity index (χ4n) is 2.11. The molecule has 0 aliphatic heterocycles. The average molecular weight is 296 g/mol. The maximum atomic E-state index is 13.5. The van der Waals surface area contributed by atoms with E-state index in [1.165, 1.54) is 6.07 Å². The molecule has 1 aromatic heterocycles. The second-order valence-corrected chi connectivity index (χ2v) is 5.15. The van der Waals surface area contributed by atoms with Gasteiger partial charge >= 0.3 is 0 Å². The summed E-state index contributed by atoms with van der Waals surface area (Å²) in [4.78, 5) is 0. The number of hydrogen-bond donors (Lipinski definition) is 1. The van der Waals surface area contributed by atoms with E-state index < -0.39 is 5.82 Å². The van der Waals surface area contributed by atoms with Gasteiger partial charge in [0, 0.05) is 5.56 Å². The lowest BCUT2D eigenvalue weighted by atomic mass is 10.1. The van der Waals surface area contributed by atoms with Crippen LogP contribution in [0, 0.1) is 5.82 Å². The predicted molar refractivity (Wildman–Crippen MR) is 80.4 cm³/mol. The van der Waals surface area contributed by atoms with E-state index in [2.05, 4.69) is 19.2 Å². The van der Waals surface area contributed by atoms with Crippen molar-refractivity contribution in [2.75, 3.05) is 6.54 Å². The Balaban J connectivity index is 2.20. The van der Waals surface area contributed by atoms with Crippen LogP contribution in [0.5, 0.6) is 0 Å². The third kappa shape index (κ3) is 3.41. The number of hydrogen-bond acceptors (Lipinski definition) is 2. The molecule has 0 fully saturated rings. The first-order chi connectivity index (χ1) is 9.65. The van der Waals surface area contributed by atoms with Crippen molar-refractivity contribution in [3.63, 3.8) is 0 Å². The molecule has 1 aromatic carbocycles. The van der Waals surface area contributed by atoms with Gasteiger partial charge in [0.1, 0.15) is 17.3 Å². The summed E-state index contributed by atoms with van der Waals surface area (Å²) in [6, 6.07) is 8.70. The van der Waals surface area contributed by atoms with Crippen LogP contribution < -0.4 is 5.32 Å². The van der Waals surface area contributed by atoms with Gasteiger partial charge in [-0.2, -0.15) is 0 Å². The first-order valence-corrected chi connectivity index (χ1v) is 7.32. The molecule has 1 N–H and O–H groups in total. The second-order valence-electron chi connectivity index (χ2n) is 4.75. The summed E-state index contributed by atoms with van der Waals surface area (Å²) >= 11 is 5.69. The lowest BCUT2D eigenvalue weighted by Crippen LogP contribution is -2.20. The summed E-state index contributed by atoms with van der Waals surface area (Å²) in [7, 11) is 0. The quantitative estimate of drug-likeness (QED) is 0.793. The van der Waals surface area contributed by atoms with E-state index in [0.29, 0.717) is 11.3 Å². The highest BCUT2D eigenvalue weighted by atomic mass is 35.5. The molecule has 0 saturated carbocycles. The van der Waals surface area contributed by atoms with Crippen LogP contribution in [0.2, 0.25) is 5.02 Å². The standard InChI is InChI=1S/C16H19ClFNO/c1-3-9-19-14(4-2)16-8-7-15(20-16)11-5-6-12(17)13(18)10-11/h5-8,10,14,19H,3-4,9H2,1-2H3. The molecule has 0 aliphatic rings. The zero-order chi connectivity index (χ0) is 14.5. The van der Waals surface area contributed by atoms with Gasteiger partial charge < -0.3 is 9.73 Å². The highest BCUT2D eigenvalue weighted by molar-refractivity contribution is 6.30. The highest BCUT2D eigenvalue weighted by Crippen LogP contribution is 2.28. The maximum Gasteiger partial charge on any atom is 0.142 e. The Kier molecular flexibility index (Phi) is 5.21. The van der Waals surface area contributed by atoms with Gasteiger partial charge in [0.2, 0.25) is 0 Å². The van der Waals surface area contributed by atoms with E-state index >= 15 is 0 Å². The molecule has 4 heteroatoms. The molecule has 2 rings (SSSR count). The van der Waals surface area contributed by atoms with Crippen molar-refractivity contribution in [3.05, 3.63) is 46.9 Å². The van der Waals surface area contributed by atoms with Crippen LogP contribution in [0.1, 0.15) is 38.5 Å². The molecule has 1 heterocycles. The molecule has 1 unspecified atom stereocenters. The SMILES string of the molecule is CCCNC(CC)c1ccc(-c2ccc(Cl)c(F)c2)o1. The highest BCUT2D eigenvalue weighted by Gasteiger charge is 2.14. The van der Waals surface area contributed by atoms with Crippen LogP contribution in [0.3, 0.4) is 0 Å². The van der Waals surface area contributed by atoms with Gasteiger partial charge in [-0.05, 0) is 49.7 Å². The van der Waals surface area contributed by atoms with Crippen molar-refractivity contribution < 1.29 is 8.81 Å². The zero-order valence-electron chi connectivity index (χ0n) is 11.7. The Hall–Kier alpha value is -1.32. The molecule has 1 atom stereocenters. The molecule has 0 spiro atoms. The Morgan fingerprint density at radius 2 is 2.05 bits per heavy atom. The van der Waals surface area contributed by atoms with E-state index in [0.717, 1.165) is 25.1 Å². The average Bonchev–Trinajstić information content (AvgIpc) is 2.92. The molecule has 0 aliphatic carbocycles. The van der Waals surface area contributed by atoms with Crippen LogP contribution in [0.15, 0.2) is 34.7 Å². The number of benzene rings is 1. The molecule has 0 bridgehead atoms.